The maximum absolute atomic E-state index is 5.78. The Bertz CT molecular complexity index is 229. The molecule has 54 valence electrons. The van der Waals surface area contributed by atoms with Crippen molar-refractivity contribution in [3.63, 3.8) is 0 Å². The smallest absolute Gasteiger partial charge is 0.0931 e. The van der Waals surface area contributed by atoms with Crippen molar-refractivity contribution in [1.29, 1.82) is 0 Å². The molecule has 1 saturated heterocycles. The highest BCUT2D eigenvalue weighted by Gasteiger charge is 2.19. The lowest BCUT2D eigenvalue weighted by atomic mass is 10.0. The second-order valence-corrected chi connectivity index (χ2v) is 4.24. The fraction of sp³-hybridized carbons (Fsp3) is 0.429. The Morgan fingerprint density at radius 2 is 2.30 bits per heavy atom. The van der Waals surface area contributed by atoms with E-state index >= 15 is 0 Å². The molecule has 2 heterocycles. The lowest BCUT2D eigenvalue weighted by Gasteiger charge is -2.25. The third kappa shape index (κ3) is 1.07. The molecule has 0 radical (unpaired) electrons. The van der Waals surface area contributed by atoms with Crippen LogP contribution in [0.3, 0.4) is 0 Å². The number of halogens is 1. The molecule has 1 nitrogen and oxygen atoms in total. The Morgan fingerprint density at radius 3 is 2.70 bits per heavy atom. The standard InChI is InChI=1S/C7H8ClNS/c8-7-2-1-6(10-7)5-3-9-4-5/h1-2,5,9H,3-4H2. The molecule has 2 rings (SSSR count). The van der Waals surface area contributed by atoms with E-state index in [1.54, 1.807) is 11.3 Å². The van der Waals surface area contributed by atoms with Crippen LogP contribution in [0.5, 0.6) is 0 Å². The first-order valence-corrected chi connectivity index (χ1v) is 4.51. The molecule has 1 aliphatic heterocycles. The first kappa shape index (κ1) is 6.65. The van der Waals surface area contributed by atoms with E-state index in [1.807, 2.05) is 6.07 Å². The van der Waals surface area contributed by atoms with Crippen LogP contribution in [0.1, 0.15) is 10.8 Å². The molecule has 1 aliphatic rings. The van der Waals surface area contributed by atoms with Gasteiger partial charge in [0, 0.05) is 23.9 Å². The second kappa shape index (κ2) is 2.53. The molecule has 0 spiro atoms. The van der Waals surface area contributed by atoms with Crippen LogP contribution in [-0.2, 0) is 0 Å². The Hall–Kier alpha value is -0.0500. The molecule has 1 fully saturated rings. The minimum atomic E-state index is 0.734. The van der Waals surface area contributed by atoms with Crippen molar-refractivity contribution < 1.29 is 0 Å². The molecule has 0 aromatic carbocycles. The van der Waals surface area contributed by atoms with Gasteiger partial charge in [0.15, 0.2) is 0 Å². The maximum atomic E-state index is 5.78. The maximum Gasteiger partial charge on any atom is 0.0931 e. The fourth-order valence-corrected chi connectivity index (χ4v) is 2.20. The van der Waals surface area contributed by atoms with Crippen LogP contribution in [0.4, 0.5) is 0 Å². The molecule has 1 N–H and O–H groups in total. The molecular weight excluding hydrogens is 166 g/mol. The van der Waals surface area contributed by atoms with Gasteiger partial charge < -0.3 is 5.32 Å². The van der Waals surface area contributed by atoms with Crippen LogP contribution in [0.2, 0.25) is 4.34 Å². The zero-order chi connectivity index (χ0) is 6.97. The number of rotatable bonds is 1. The van der Waals surface area contributed by atoms with E-state index in [9.17, 15) is 0 Å². The van der Waals surface area contributed by atoms with Gasteiger partial charge in [0.05, 0.1) is 4.34 Å². The van der Waals surface area contributed by atoms with E-state index in [0.29, 0.717) is 0 Å². The van der Waals surface area contributed by atoms with E-state index in [2.05, 4.69) is 11.4 Å². The quantitative estimate of drug-likeness (QED) is 0.686. The lowest BCUT2D eigenvalue weighted by Crippen LogP contribution is -2.39. The molecule has 0 amide bonds. The van der Waals surface area contributed by atoms with Crippen LogP contribution in [0.15, 0.2) is 12.1 Å². The average Bonchev–Trinajstić information content (AvgIpc) is 2.10. The number of hydrogen-bond donors (Lipinski definition) is 1. The predicted octanol–water partition coefficient (Wildman–Crippen LogP) is 2.09. The summed E-state index contributed by atoms with van der Waals surface area (Å²) in [4.78, 5) is 1.42. The van der Waals surface area contributed by atoms with Crippen molar-refractivity contribution in [1.82, 2.24) is 5.32 Å². The van der Waals surface area contributed by atoms with Gasteiger partial charge in [0.25, 0.3) is 0 Å². The third-order valence-corrected chi connectivity index (χ3v) is 3.17. The minimum absolute atomic E-state index is 0.734. The lowest BCUT2D eigenvalue weighted by molar-refractivity contribution is 0.454. The number of nitrogens with one attached hydrogen (secondary N) is 1. The first-order chi connectivity index (χ1) is 4.86. The predicted molar refractivity (Wildman–Crippen MR) is 44.9 cm³/mol. The van der Waals surface area contributed by atoms with Gasteiger partial charge >= 0.3 is 0 Å². The van der Waals surface area contributed by atoms with E-state index in [-0.39, 0.29) is 0 Å². The molecule has 3 heteroatoms. The summed E-state index contributed by atoms with van der Waals surface area (Å²) in [7, 11) is 0. The summed E-state index contributed by atoms with van der Waals surface area (Å²) in [5, 5.41) is 3.23. The normalized spacial score (nSPS) is 18.9. The van der Waals surface area contributed by atoms with Crippen molar-refractivity contribution in [2.45, 2.75) is 5.92 Å². The van der Waals surface area contributed by atoms with Gasteiger partial charge in [0.1, 0.15) is 0 Å². The zero-order valence-electron chi connectivity index (χ0n) is 5.43. The summed E-state index contributed by atoms with van der Waals surface area (Å²) in [6, 6.07) is 4.10. The molecule has 0 bridgehead atoms. The van der Waals surface area contributed by atoms with Gasteiger partial charge in [-0.15, -0.1) is 11.3 Å². The van der Waals surface area contributed by atoms with Crippen LogP contribution >= 0.6 is 22.9 Å². The average molecular weight is 174 g/mol. The van der Waals surface area contributed by atoms with Crippen LogP contribution in [0.25, 0.3) is 0 Å². The zero-order valence-corrected chi connectivity index (χ0v) is 7.00. The number of hydrogen-bond acceptors (Lipinski definition) is 2. The van der Waals surface area contributed by atoms with Gasteiger partial charge in [-0.05, 0) is 12.1 Å². The Morgan fingerprint density at radius 1 is 1.50 bits per heavy atom. The summed E-state index contributed by atoms with van der Waals surface area (Å²) >= 11 is 7.48. The van der Waals surface area contributed by atoms with Crippen LogP contribution in [-0.4, -0.2) is 13.1 Å². The molecule has 0 atom stereocenters. The Labute approximate surface area is 69.0 Å². The van der Waals surface area contributed by atoms with Gasteiger partial charge in [-0.2, -0.15) is 0 Å². The van der Waals surface area contributed by atoms with E-state index in [0.717, 1.165) is 23.3 Å². The molecule has 0 aliphatic carbocycles. The Balaban J connectivity index is 2.17. The highest BCUT2D eigenvalue weighted by atomic mass is 35.5. The summed E-state index contributed by atoms with van der Waals surface area (Å²) in [6.07, 6.45) is 0. The summed E-state index contributed by atoms with van der Waals surface area (Å²) < 4.78 is 0.905. The molecule has 0 saturated carbocycles. The largest absolute Gasteiger partial charge is 0.315 e. The second-order valence-electron chi connectivity index (χ2n) is 2.50. The third-order valence-electron chi connectivity index (χ3n) is 1.78. The summed E-state index contributed by atoms with van der Waals surface area (Å²) in [5.41, 5.74) is 0. The van der Waals surface area contributed by atoms with Crippen molar-refractivity contribution in [3.05, 3.63) is 21.3 Å². The van der Waals surface area contributed by atoms with Crippen molar-refractivity contribution in [3.8, 4) is 0 Å². The molecule has 1 aromatic heterocycles. The highest BCUT2D eigenvalue weighted by Crippen LogP contribution is 2.29. The molecular formula is C7H8ClNS. The molecule has 10 heavy (non-hydrogen) atoms. The van der Waals surface area contributed by atoms with Crippen LogP contribution < -0.4 is 5.32 Å². The van der Waals surface area contributed by atoms with Crippen molar-refractivity contribution in [2.75, 3.05) is 13.1 Å². The van der Waals surface area contributed by atoms with Gasteiger partial charge in [-0.3, -0.25) is 0 Å². The highest BCUT2D eigenvalue weighted by molar-refractivity contribution is 7.16. The van der Waals surface area contributed by atoms with E-state index in [1.165, 1.54) is 4.88 Å². The molecule has 0 unspecified atom stereocenters. The monoisotopic (exact) mass is 173 g/mol. The first-order valence-electron chi connectivity index (χ1n) is 3.32. The number of thiophene rings is 1. The topological polar surface area (TPSA) is 12.0 Å². The van der Waals surface area contributed by atoms with E-state index < -0.39 is 0 Å². The van der Waals surface area contributed by atoms with E-state index in [4.69, 9.17) is 11.6 Å². The minimum Gasteiger partial charge on any atom is -0.315 e. The summed E-state index contributed by atoms with van der Waals surface area (Å²) in [6.45, 7) is 2.24. The van der Waals surface area contributed by atoms with Gasteiger partial charge in [-0.25, -0.2) is 0 Å². The van der Waals surface area contributed by atoms with Crippen molar-refractivity contribution in [2.24, 2.45) is 0 Å². The van der Waals surface area contributed by atoms with Gasteiger partial charge in [0.2, 0.25) is 0 Å². The summed E-state index contributed by atoms with van der Waals surface area (Å²) in [5.74, 6) is 0.734. The van der Waals surface area contributed by atoms with Crippen molar-refractivity contribution >= 4 is 22.9 Å². The molecule has 1 aromatic rings. The van der Waals surface area contributed by atoms with Crippen LogP contribution in [0, 0.1) is 0 Å². The SMILES string of the molecule is Clc1ccc(C2CNC2)s1. The van der Waals surface area contributed by atoms with Gasteiger partial charge in [-0.1, -0.05) is 11.6 Å². The fourth-order valence-electron chi connectivity index (χ4n) is 1.04. The Kier molecular flexibility index (Phi) is 1.68.